The summed E-state index contributed by atoms with van der Waals surface area (Å²) in [5.41, 5.74) is 0. The van der Waals surface area contributed by atoms with E-state index in [-0.39, 0.29) is 45.1 Å². The molecule has 0 spiro atoms. The zero-order valence-electron chi connectivity index (χ0n) is 4.12. The first-order chi connectivity index (χ1) is 2.56. The Morgan fingerprint density at radius 1 is 1.38 bits per heavy atom. The summed E-state index contributed by atoms with van der Waals surface area (Å²) in [5, 5.41) is 0. The van der Waals surface area contributed by atoms with Crippen LogP contribution in [0.15, 0.2) is 0 Å². The van der Waals surface area contributed by atoms with Crippen molar-refractivity contribution in [2.24, 2.45) is 0 Å². The fraction of sp³-hybridized carbons (Fsp3) is 1.00. The van der Waals surface area contributed by atoms with Crippen LogP contribution in [0, 0.1) is 0 Å². The Morgan fingerprint density at radius 3 is 1.50 bits per heavy atom. The van der Waals surface area contributed by atoms with Gasteiger partial charge in [0.1, 0.15) is 0 Å². The predicted octanol–water partition coefficient (Wildman–Crippen LogP) is 0.179. The molecule has 0 aromatic carbocycles. The van der Waals surface area contributed by atoms with Gasteiger partial charge in [-0.15, -0.1) is 0 Å². The van der Waals surface area contributed by atoms with Gasteiger partial charge in [0, 0.05) is 45.1 Å². The van der Waals surface area contributed by atoms with Gasteiger partial charge in [-0.2, -0.15) is 0 Å². The van der Waals surface area contributed by atoms with Crippen LogP contribution < -0.4 is 0 Å². The first kappa shape index (κ1) is 16.2. The zero-order chi connectivity index (χ0) is 5.21. The molecule has 0 unspecified atom stereocenters. The molecule has 2 N–H and O–H groups in total. The van der Waals surface area contributed by atoms with Crippen molar-refractivity contribution in [2.45, 2.75) is 6.92 Å². The van der Waals surface area contributed by atoms with Crippen LogP contribution in [0.3, 0.4) is 0 Å². The van der Waals surface area contributed by atoms with E-state index >= 15 is 0 Å². The second-order valence-corrected chi connectivity index (χ2v) is 2.94. The summed E-state index contributed by atoms with van der Waals surface area (Å²) in [6.07, 6.45) is -0.0625. The van der Waals surface area contributed by atoms with Crippen LogP contribution in [0.4, 0.5) is 0 Å². The molecule has 0 aromatic heterocycles. The molecule has 8 heavy (non-hydrogen) atoms. The van der Waals surface area contributed by atoms with Gasteiger partial charge in [0.2, 0.25) is 0 Å². The van der Waals surface area contributed by atoms with Crippen LogP contribution in [-0.2, 0) is 43.5 Å². The van der Waals surface area contributed by atoms with Crippen LogP contribution in [-0.4, -0.2) is 15.9 Å². The molecule has 0 aliphatic rings. The molecular formula is C2H7O3PRh2. The van der Waals surface area contributed by atoms with Gasteiger partial charge >= 0.3 is 7.60 Å². The maximum absolute atomic E-state index is 9.69. The van der Waals surface area contributed by atoms with Crippen LogP contribution in [0.2, 0.25) is 0 Å². The van der Waals surface area contributed by atoms with E-state index in [9.17, 15) is 4.57 Å². The van der Waals surface area contributed by atoms with E-state index in [4.69, 9.17) is 9.79 Å². The summed E-state index contributed by atoms with van der Waals surface area (Å²) in [5.74, 6) is 0. The molecule has 0 bridgehead atoms. The molecule has 0 heterocycles. The monoisotopic (exact) mass is 316 g/mol. The molecular weight excluding hydrogens is 309 g/mol. The molecule has 0 saturated carbocycles. The Kier molecular flexibility index (Phi) is 13.2. The first-order valence-corrected chi connectivity index (χ1v) is 3.40. The predicted molar refractivity (Wildman–Crippen MR) is 22.6 cm³/mol. The largest absolute Gasteiger partial charge is 0.325 e. The minimum Gasteiger partial charge on any atom is -0.324 e. The van der Waals surface area contributed by atoms with Gasteiger partial charge in [-0.05, 0) is 0 Å². The molecule has 56 valence electrons. The van der Waals surface area contributed by atoms with Gasteiger partial charge in [-0.1, -0.05) is 6.92 Å². The fourth-order valence-corrected chi connectivity index (χ4v) is 0. The molecule has 0 saturated heterocycles. The first-order valence-electron chi connectivity index (χ1n) is 1.61. The molecule has 6 heteroatoms. The minimum atomic E-state index is -3.65. The van der Waals surface area contributed by atoms with E-state index in [2.05, 4.69) is 0 Å². The van der Waals surface area contributed by atoms with Gasteiger partial charge in [0.25, 0.3) is 0 Å². The van der Waals surface area contributed by atoms with Gasteiger partial charge < -0.3 is 9.79 Å². The molecule has 0 rings (SSSR count). The Bertz CT molecular complexity index is 79.4. The standard InChI is InChI=1S/C2H7O3P.2Rh/c1-2-6(3,4)5;;/h2H2,1H3,(H2,3,4,5);;. The van der Waals surface area contributed by atoms with Crippen LogP contribution >= 0.6 is 7.60 Å². The van der Waals surface area contributed by atoms with Crippen molar-refractivity contribution in [1.29, 1.82) is 0 Å². The van der Waals surface area contributed by atoms with Gasteiger partial charge in [-0.3, -0.25) is 4.57 Å². The van der Waals surface area contributed by atoms with Crippen LogP contribution in [0.1, 0.15) is 6.92 Å². The van der Waals surface area contributed by atoms with Gasteiger partial charge in [0.05, 0.1) is 0 Å². The van der Waals surface area contributed by atoms with E-state index in [0.29, 0.717) is 0 Å². The minimum absolute atomic E-state index is 0. The Balaban J connectivity index is -0.000000125. The second kappa shape index (κ2) is 6.52. The number of rotatable bonds is 1. The zero-order valence-corrected chi connectivity index (χ0v) is 8.30. The maximum Gasteiger partial charge on any atom is 0.325 e. The molecule has 0 aromatic rings. The smallest absolute Gasteiger partial charge is 0.324 e. The summed E-state index contributed by atoms with van der Waals surface area (Å²) < 4.78 is 9.69. The molecule has 0 amide bonds. The van der Waals surface area contributed by atoms with Crippen LogP contribution in [0.5, 0.6) is 0 Å². The van der Waals surface area contributed by atoms with E-state index < -0.39 is 7.60 Å². The third-order valence-corrected chi connectivity index (χ3v) is 1.24. The SMILES string of the molecule is CCP(=O)(O)O.[Rh].[Rh]. The van der Waals surface area contributed by atoms with Crippen molar-refractivity contribution in [1.82, 2.24) is 0 Å². The summed E-state index contributed by atoms with van der Waals surface area (Å²) >= 11 is 0. The summed E-state index contributed by atoms with van der Waals surface area (Å²) in [6, 6.07) is 0. The van der Waals surface area contributed by atoms with Crippen molar-refractivity contribution < 1.29 is 53.3 Å². The molecule has 3 nitrogen and oxygen atoms in total. The van der Waals surface area contributed by atoms with E-state index in [1.165, 1.54) is 6.92 Å². The molecule has 0 aliphatic heterocycles. The quantitative estimate of drug-likeness (QED) is 0.536. The summed E-state index contributed by atoms with van der Waals surface area (Å²) in [4.78, 5) is 15.9. The number of hydrogen-bond donors (Lipinski definition) is 2. The van der Waals surface area contributed by atoms with E-state index in [1.54, 1.807) is 0 Å². The normalized spacial score (nSPS) is 8.88. The fourth-order valence-electron chi connectivity index (χ4n) is 0. The van der Waals surface area contributed by atoms with E-state index in [1.807, 2.05) is 0 Å². The van der Waals surface area contributed by atoms with Crippen molar-refractivity contribution in [3.63, 3.8) is 0 Å². The average Bonchev–Trinajstić information content (AvgIpc) is 1.35. The van der Waals surface area contributed by atoms with Crippen LogP contribution in [0.25, 0.3) is 0 Å². The molecule has 0 aliphatic carbocycles. The summed E-state index contributed by atoms with van der Waals surface area (Å²) in [6.45, 7) is 1.45. The molecule has 2 radical (unpaired) electrons. The van der Waals surface area contributed by atoms with E-state index in [0.717, 1.165) is 0 Å². The topological polar surface area (TPSA) is 57.5 Å². The third-order valence-electron chi connectivity index (χ3n) is 0.412. The van der Waals surface area contributed by atoms with Crippen molar-refractivity contribution in [2.75, 3.05) is 6.16 Å². The Morgan fingerprint density at radius 2 is 1.50 bits per heavy atom. The van der Waals surface area contributed by atoms with Gasteiger partial charge in [0.15, 0.2) is 0 Å². The maximum atomic E-state index is 9.69. The molecule has 0 fully saturated rings. The Labute approximate surface area is 73.9 Å². The van der Waals surface area contributed by atoms with Crippen molar-refractivity contribution in [3.8, 4) is 0 Å². The second-order valence-electron chi connectivity index (χ2n) is 0.981. The molecule has 0 atom stereocenters. The Hall–Kier alpha value is 1.40. The average molecular weight is 316 g/mol. The summed E-state index contributed by atoms with van der Waals surface area (Å²) in [7, 11) is -3.65. The number of hydrogen-bond acceptors (Lipinski definition) is 1. The van der Waals surface area contributed by atoms with Gasteiger partial charge in [-0.25, -0.2) is 0 Å². The third kappa shape index (κ3) is 15.7. The van der Waals surface area contributed by atoms with Crippen molar-refractivity contribution in [3.05, 3.63) is 0 Å². The van der Waals surface area contributed by atoms with Crippen molar-refractivity contribution >= 4 is 7.60 Å².